The van der Waals surface area contributed by atoms with Crippen molar-refractivity contribution in [3.63, 3.8) is 0 Å². The monoisotopic (exact) mass is 427 g/mol. The number of aromatic nitrogens is 3. The number of nitrogens with zero attached hydrogens (tertiary/aromatic N) is 3. The highest BCUT2D eigenvalue weighted by atomic mass is 35.5. The van der Waals surface area contributed by atoms with Gasteiger partial charge in [-0.1, -0.05) is 29.0 Å². The van der Waals surface area contributed by atoms with Gasteiger partial charge in [-0.25, -0.2) is 0 Å². The largest absolute Gasteiger partial charge is 0.493 e. The molecule has 0 saturated heterocycles. The molecule has 2 aromatic carbocycles. The van der Waals surface area contributed by atoms with Crippen LogP contribution in [0.4, 0.5) is 0 Å². The molecule has 146 valence electrons. The van der Waals surface area contributed by atoms with Gasteiger partial charge in [0.15, 0.2) is 17.3 Å². The summed E-state index contributed by atoms with van der Waals surface area (Å²) < 4.78 is 12.1. The molecular weight excluding hydrogens is 414 g/mol. The molecule has 0 aliphatic carbocycles. The zero-order chi connectivity index (χ0) is 20.5. The van der Waals surface area contributed by atoms with Crippen LogP contribution in [0.1, 0.15) is 12.5 Å². The number of fused-ring (bicyclic) bond motifs is 1. The third-order valence-electron chi connectivity index (χ3n) is 4.02. The number of carbonyl (C=O) groups is 1. The molecule has 4 rings (SSSR count). The molecule has 2 heterocycles. The first kappa shape index (κ1) is 19.1. The van der Waals surface area contributed by atoms with E-state index in [2.05, 4.69) is 10.1 Å². The van der Waals surface area contributed by atoms with Gasteiger partial charge in [0.25, 0.3) is 5.56 Å². The lowest BCUT2D eigenvalue weighted by Gasteiger charge is -2.08. The van der Waals surface area contributed by atoms with E-state index in [4.69, 9.17) is 21.1 Å². The van der Waals surface area contributed by atoms with Crippen molar-refractivity contribution in [1.29, 1.82) is 0 Å². The van der Waals surface area contributed by atoms with E-state index in [0.29, 0.717) is 31.8 Å². The second-order valence-corrected chi connectivity index (χ2v) is 7.50. The number of hydrogen-bond acceptors (Lipinski definition) is 7. The van der Waals surface area contributed by atoms with Crippen LogP contribution in [0.15, 0.2) is 47.3 Å². The Morgan fingerprint density at radius 3 is 2.59 bits per heavy atom. The van der Waals surface area contributed by atoms with E-state index in [-0.39, 0.29) is 5.56 Å². The Kier molecular flexibility index (Phi) is 5.04. The summed E-state index contributed by atoms with van der Waals surface area (Å²) in [7, 11) is 1.48. The van der Waals surface area contributed by atoms with Crippen molar-refractivity contribution in [1.82, 2.24) is 14.6 Å². The Labute approximate surface area is 173 Å². The molecule has 29 heavy (non-hydrogen) atoms. The quantitative estimate of drug-likeness (QED) is 0.368. The SMILES string of the molecule is COc1cc(/C=c2/sc3nc(-c4ccc(Cl)cc4)nn3c2=O)ccc1OC(C)=O. The minimum atomic E-state index is -0.441. The number of esters is 1. The van der Waals surface area contributed by atoms with E-state index in [1.54, 1.807) is 48.5 Å². The van der Waals surface area contributed by atoms with Gasteiger partial charge in [0.2, 0.25) is 4.96 Å². The van der Waals surface area contributed by atoms with Crippen LogP contribution in [-0.4, -0.2) is 27.7 Å². The van der Waals surface area contributed by atoms with Crippen molar-refractivity contribution < 1.29 is 14.3 Å². The highest BCUT2D eigenvalue weighted by molar-refractivity contribution is 7.15. The summed E-state index contributed by atoms with van der Waals surface area (Å²) in [6.45, 7) is 1.32. The summed E-state index contributed by atoms with van der Waals surface area (Å²) in [5, 5.41) is 4.93. The van der Waals surface area contributed by atoms with Crippen molar-refractivity contribution in [3.8, 4) is 22.9 Å². The fraction of sp³-hybridized carbons (Fsp3) is 0.100. The molecule has 0 saturated carbocycles. The molecule has 0 unspecified atom stereocenters. The highest BCUT2D eigenvalue weighted by Gasteiger charge is 2.13. The van der Waals surface area contributed by atoms with E-state index in [1.165, 1.54) is 29.9 Å². The molecule has 0 N–H and O–H groups in total. The van der Waals surface area contributed by atoms with E-state index in [0.717, 1.165) is 11.1 Å². The van der Waals surface area contributed by atoms with Gasteiger partial charge < -0.3 is 9.47 Å². The number of methoxy groups -OCH3 is 1. The van der Waals surface area contributed by atoms with Crippen LogP contribution in [-0.2, 0) is 4.79 Å². The lowest BCUT2D eigenvalue weighted by atomic mass is 10.2. The molecule has 0 radical (unpaired) electrons. The summed E-state index contributed by atoms with van der Waals surface area (Å²) in [6.07, 6.45) is 1.71. The predicted octanol–water partition coefficient (Wildman–Crippen LogP) is 2.95. The fourth-order valence-corrected chi connectivity index (χ4v) is 3.75. The molecule has 0 aliphatic rings. The number of rotatable bonds is 4. The zero-order valence-electron chi connectivity index (χ0n) is 15.4. The standard InChI is InChI=1S/C20H14ClN3O4S/c1-11(25)28-15-8-3-12(9-16(15)27-2)10-17-19(26)24-20(29-17)22-18(23-24)13-4-6-14(21)7-5-13/h3-10H,1-2H3/b17-10+. The van der Waals surface area contributed by atoms with Gasteiger partial charge >= 0.3 is 5.97 Å². The lowest BCUT2D eigenvalue weighted by Crippen LogP contribution is -2.23. The minimum absolute atomic E-state index is 0.263. The Hall–Kier alpha value is -3.23. The maximum atomic E-state index is 12.7. The molecule has 0 aliphatic heterocycles. The molecule has 0 atom stereocenters. The third-order valence-corrected chi connectivity index (χ3v) is 5.23. The van der Waals surface area contributed by atoms with Crippen molar-refractivity contribution in [2.45, 2.75) is 6.92 Å². The van der Waals surface area contributed by atoms with E-state index in [1.807, 2.05) is 0 Å². The van der Waals surface area contributed by atoms with Crippen molar-refractivity contribution in [2.24, 2.45) is 0 Å². The molecule has 0 bridgehead atoms. The number of halogens is 1. The first-order valence-electron chi connectivity index (χ1n) is 8.48. The average molecular weight is 428 g/mol. The van der Waals surface area contributed by atoms with Gasteiger partial charge in [-0.3, -0.25) is 9.59 Å². The summed E-state index contributed by atoms with van der Waals surface area (Å²) in [5.41, 5.74) is 1.24. The molecule has 0 fully saturated rings. The Bertz CT molecular complexity index is 1330. The summed E-state index contributed by atoms with van der Waals surface area (Å²) in [4.78, 5) is 28.8. The minimum Gasteiger partial charge on any atom is -0.493 e. The molecule has 0 spiro atoms. The molecular formula is C20H14ClN3O4S. The van der Waals surface area contributed by atoms with Gasteiger partial charge in [-0.2, -0.15) is 9.50 Å². The van der Waals surface area contributed by atoms with Crippen molar-refractivity contribution >= 4 is 39.9 Å². The topological polar surface area (TPSA) is 82.8 Å². The van der Waals surface area contributed by atoms with E-state index >= 15 is 0 Å². The van der Waals surface area contributed by atoms with E-state index in [9.17, 15) is 9.59 Å². The Balaban J connectivity index is 1.73. The van der Waals surface area contributed by atoms with Gasteiger partial charge in [-0.05, 0) is 48.0 Å². The number of ether oxygens (including phenoxy) is 2. The lowest BCUT2D eigenvalue weighted by molar-refractivity contribution is -0.132. The van der Waals surface area contributed by atoms with Crippen LogP contribution in [0.5, 0.6) is 11.5 Å². The first-order chi connectivity index (χ1) is 13.9. The normalized spacial score (nSPS) is 11.8. The smallest absolute Gasteiger partial charge is 0.308 e. The number of benzene rings is 2. The molecule has 9 heteroatoms. The van der Waals surface area contributed by atoms with Gasteiger partial charge in [0.05, 0.1) is 11.6 Å². The number of carbonyl (C=O) groups excluding carboxylic acids is 1. The van der Waals surface area contributed by atoms with Crippen LogP contribution in [0.25, 0.3) is 22.4 Å². The Morgan fingerprint density at radius 1 is 1.17 bits per heavy atom. The highest BCUT2D eigenvalue weighted by Crippen LogP contribution is 2.28. The molecule has 7 nitrogen and oxygen atoms in total. The second-order valence-electron chi connectivity index (χ2n) is 6.06. The summed E-state index contributed by atoms with van der Waals surface area (Å²) >= 11 is 7.14. The van der Waals surface area contributed by atoms with Gasteiger partial charge in [-0.15, -0.1) is 5.10 Å². The Morgan fingerprint density at radius 2 is 1.93 bits per heavy atom. The average Bonchev–Trinajstić information content (AvgIpc) is 3.23. The number of hydrogen-bond donors (Lipinski definition) is 0. The maximum Gasteiger partial charge on any atom is 0.308 e. The maximum absolute atomic E-state index is 12.7. The van der Waals surface area contributed by atoms with Crippen LogP contribution in [0.2, 0.25) is 5.02 Å². The van der Waals surface area contributed by atoms with Crippen LogP contribution >= 0.6 is 22.9 Å². The van der Waals surface area contributed by atoms with Gasteiger partial charge in [0, 0.05) is 17.5 Å². The summed E-state index contributed by atoms with van der Waals surface area (Å²) in [5.74, 6) is 0.730. The van der Waals surface area contributed by atoms with Crippen molar-refractivity contribution in [2.75, 3.05) is 7.11 Å². The van der Waals surface area contributed by atoms with Crippen LogP contribution in [0, 0.1) is 0 Å². The first-order valence-corrected chi connectivity index (χ1v) is 9.68. The summed E-state index contributed by atoms with van der Waals surface area (Å²) in [6, 6.07) is 12.1. The molecule has 0 amide bonds. The third kappa shape index (κ3) is 3.85. The molecule has 2 aromatic heterocycles. The fourth-order valence-electron chi connectivity index (χ4n) is 2.72. The predicted molar refractivity (Wildman–Crippen MR) is 111 cm³/mol. The van der Waals surface area contributed by atoms with Gasteiger partial charge in [0.1, 0.15) is 0 Å². The van der Waals surface area contributed by atoms with Crippen molar-refractivity contribution in [3.05, 3.63) is 67.9 Å². The van der Waals surface area contributed by atoms with Crippen LogP contribution < -0.4 is 19.6 Å². The zero-order valence-corrected chi connectivity index (χ0v) is 17.0. The second kappa shape index (κ2) is 7.65. The van der Waals surface area contributed by atoms with E-state index < -0.39 is 5.97 Å². The number of thiazole rings is 1. The van der Waals surface area contributed by atoms with Crippen LogP contribution in [0.3, 0.4) is 0 Å². The molecule has 4 aromatic rings.